The first kappa shape index (κ1) is 26.7. The molecule has 4 aromatic rings. The molecule has 0 bridgehead atoms. The van der Waals surface area contributed by atoms with Crippen molar-refractivity contribution in [2.45, 2.75) is 43.1 Å². The van der Waals surface area contributed by atoms with E-state index in [9.17, 15) is 9.59 Å². The molecule has 1 aliphatic rings. The molecule has 3 heterocycles. The largest absolute Gasteiger partial charge is 0.354 e. The number of hydrogen-bond acceptors (Lipinski definition) is 7. The lowest BCUT2D eigenvalue weighted by Gasteiger charge is -2.14. The van der Waals surface area contributed by atoms with Crippen LogP contribution in [0.4, 0.5) is 0 Å². The topological polar surface area (TPSA) is 102 Å². The van der Waals surface area contributed by atoms with E-state index in [0.717, 1.165) is 34.7 Å². The van der Waals surface area contributed by atoms with Gasteiger partial charge in [-0.15, -0.1) is 21.5 Å². The Labute approximate surface area is 238 Å². The van der Waals surface area contributed by atoms with Gasteiger partial charge in [-0.1, -0.05) is 53.2 Å². The molecule has 8 nitrogen and oxygen atoms in total. The van der Waals surface area contributed by atoms with Gasteiger partial charge in [0.1, 0.15) is 16.7 Å². The van der Waals surface area contributed by atoms with Crippen LogP contribution in [-0.4, -0.2) is 44.1 Å². The molecule has 2 aromatic heterocycles. The van der Waals surface area contributed by atoms with Gasteiger partial charge in [0.25, 0.3) is 5.91 Å². The number of nitrogens with one attached hydrogen (secondary N) is 2. The van der Waals surface area contributed by atoms with Crippen LogP contribution in [-0.2, 0) is 10.5 Å². The summed E-state index contributed by atoms with van der Waals surface area (Å²) in [6.07, 6.45) is 2.41. The smallest absolute Gasteiger partial charge is 0.271 e. The highest BCUT2D eigenvalue weighted by atomic mass is 35.5. The summed E-state index contributed by atoms with van der Waals surface area (Å²) in [5, 5.41) is 18.8. The average molecular weight is 588 g/mol. The molecule has 1 aliphatic heterocycles. The van der Waals surface area contributed by atoms with Crippen molar-refractivity contribution >= 4 is 58.1 Å². The lowest BCUT2D eigenvalue weighted by atomic mass is 10.1. The maximum absolute atomic E-state index is 12.8. The number of rotatable bonds is 7. The molecule has 1 fully saturated rings. The minimum absolute atomic E-state index is 0.146. The van der Waals surface area contributed by atoms with Crippen molar-refractivity contribution in [2.75, 3.05) is 6.54 Å². The predicted molar refractivity (Wildman–Crippen MR) is 151 cm³/mol. The number of aryl methyl sites for hydroxylation is 1. The fraction of sp³-hybridized carbons (Fsp3) is 0.269. The molecule has 38 heavy (non-hydrogen) atoms. The van der Waals surface area contributed by atoms with E-state index in [0.29, 0.717) is 45.4 Å². The van der Waals surface area contributed by atoms with Gasteiger partial charge in [0.2, 0.25) is 5.91 Å². The first-order valence-corrected chi connectivity index (χ1v) is 14.7. The average Bonchev–Trinajstić information content (AvgIpc) is 3.50. The Morgan fingerprint density at radius 1 is 1.21 bits per heavy atom. The molecule has 2 N–H and O–H groups in total. The van der Waals surface area contributed by atoms with Crippen LogP contribution < -0.4 is 10.6 Å². The second kappa shape index (κ2) is 11.9. The number of carbonyl (C=O) groups excluding carboxylic acids is 2. The van der Waals surface area contributed by atoms with Gasteiger partial charge in [0.15, 0.2) is 11.0 Å². The van der Waals surface area contributed by atoms with Crippen LogP contribution in [0.3, 0.4) is 0 Å². The van der Waals surface area contributed by atoms with E-state index >= 15 is 0 Å². The summed E-state index contributed by atoms with van der Waals surface area (Å²) < 4.78 is 1.94. The number of nitrogens with zero attached hydrogens (tertiary/aromatic N) is 4. The Morgan fingerprint density at radius 3 is 2.89 bits per heavy atom. The maximum atomic E-state index is 12.8. The van der Waals surface area contributed by atoms with E-state index in [1.807, 2.05) is 54.0 Å². The molecule has 2 aromatic carbocycles. The maximum Gasteiger partial charge on any atom is 0.271 e. The standard InChI is InChI=1S/C26H24Cl2N6O2S2/c1-15-9-10-16(27)12-21(15)34-23(17-6-2-3-7-18(17)28)32-33-26(34)38-14-22-30-20(13-37-22)25(36)31-19-8-4-5-11-29-24(19)35/h2-3,6-7,9-10,12-13,19H,4-5,8,11,14H2,1H3,(H,29,35)(H,31,36)/t19-/m0/s1. The van der Waals surface area contributed by atoms with E-state index in [-0.39, 0.29) is 11.8 Å². The first-order valence-electron chi connectivity index (χ1n) is 12.0. The van der Waals surface area contributed by atoms with Crippen molar-refractivity contribution in [1.29, 1.82) is 0 Å². The number of thiazole rings is 1. The third-order valence-electron chi connectivity index (χ3n) is 6.11. The third kappa shape index (κ3) is 5.88. The van der Waals surface area contributed by atoms with Crippen molar-refractivity contribution < 1.29 is 9.59 Å². The van der Waals surface area contributed by atoms with Crippen LogP contribution >= 0.6 is 46.3 Å². The summed E-state index contributed by atoms with van der Waals surface area (Å²) in [7, 11) is 0. The molecule has 0 saturated carbocycles. The van der Waals surface area contributed by atoms with Crippen molar-refractivity contribution in [3.8, 4) is 17.1 Å². The molecular weight excluding hydrogens is 563 g/mol. The van der Waals surface area contributed by atoms with Gasteiger partial charge in [-0.05, 0) is 56.0 Å². The van der Waals surface area contributed by atoms with Crippen LogP contribution in [0.25, 0.3) is 17.1 Å². The molecule has 0 radical (unpaired) electrons. The molecule has 1 saturated heterocycles. The zero-order valence-electron chi connectivity index (χ0n) is 20.4. The van der Waals surface area contributed by atoms with Gasteiger partial charge in [-0.3, -0.25) is 14.2 Å². The van der Waals surface area contributed by atoms with E-state index in [1.165, 1.54) is 23.1 Å². The van der Waals surface area contributed by atoms with Gasteiger partial charge in [0.05, 0.1) is 16.5 Å². The fourth-order valence-corrected chi connectivity index (χ4v) is 6.26. The molecule has 5 rings (SSSR count). The quantitative estimate of drug-likeness (QED) is 0.269. The normalized spacial score (nSPS) is 15.7. The zero-order valence-corrected chi connectivity index (χ0v) is 23.6. The van der Waals surface area contributed by atoms with Crippen LogP contribution in [0.2, 0.25) is 10.0 Å². The Hall–Kier alpha value is -2.92. The summed E-state index contributed by atoms with van der Waals surface area (Å²) in [6, 6.07) is 12.6. The Balaban J connectivity index is 1.38. The lowest BCUT2D eigenvalue weighted by molar-refractivity contribution is -0.122. The molecule has 1 atom stereocenters. The lowest BCUT2D eigenvalue weighted by Crippen LogP contribution is -2.45. The van der Waals surface area contributed by atoms with Crippen LogP contribution in [0, 0.1) is 6.92 Å². The third-order valence-corrected chi connectivity index (χ3v) is 8.65. The zero-order chi connectivity index (χ0) is 26.6. The number of carbonyl (C=O) groups is 2. The number of benzene rings is 2. The van der Waals surface area contributed by atoms with Crippen LogP contribution in [0.1, 0.15) is 40.3 Å². The summed E-state index contributed by atoms with van der Waals surface area (Å²) >= 11 is 15.7. The predicted octanol–water partition coefficient (Wildman–Crippen LogP) is 5.70. The van der Waals surface area contributed by atoms with Gasteiger partial charge in [-0.2, -0.15) is 0 Å². The number of hydrogen-bond donors (Lipinski definition) is 2. The summed E-state index contributed by atoms with van der Waals surface area (Å²) in [4.78, 5) is 29.4. The fourth-order valence-electron chi connectivity index (χ4n) is 4.14. The monoisotopic (exact) mass is 586 g/mol. The van der Waals surface area contributed by atoms with Crippen LogP contribution in [0.15, 0.2) is 53.0 Å². The molecular formula is C26H24Cl2N6O2S2. The Bertz CT molecular complexity index is 1490. The number of halogens is 2. The number of thioether (sulfide) groups is 1. The van der Waals surface area contributed by atoms with Crippen molar-refractivity contribution in [2.24, 2.45) is 0 Å². The van der Waals surface area contributed by atoms with E-state index in [2.05, 4.69) is 25.8 Å². The van der Waals surface area contributed by atoms with Crippen molar-refractivity contribution in [3.63, 3.8) is 0 Å². The highest BCUT2D eigenvalue weighted by Gasteiger charge is 2.24. The summed E-state index contributed by atoms with van der Waals surface area (Å²) in [5.41, 5.74) is 2.90. The van der Waals surface area contributed by atoms with Crippen molar-refractivity contribution in [1.82, 2.24) is 30.4 Å². The summed E-state index contributed by atoms with van der Waals surface area (Å²) in [6.45, 7) is 2.64. The molecule has 0 unspecified atom stereocenters. The second-order valence-corrected chi connectivity index (χ2v) is 11.5. The molecule has 2 amide bonds. The minimum atomic E-state index is -0.535. The Kier molecular flexibility index (Phi) is 8.32. The van der Waals surface area contributed by atoms with Gasteiger partial charge in [0, 0.05) is 22.5 Å². The SMILES string of the molecule is Cc1ccc(Cl)cc1-n1c(SCc2nc(C(=O)N[C@H]3CCCCNC3=O)cs2)nnc1-c1ccccc1Cl. The highest BCUT2D eigenvalue weighted by Crippen LogP contribution is 2.35. The number of aromatic nitrogens is 4. The van der Waals surface area contributed by atoms with Crippen molar-refractivity contribution in [3.05, 3.63) is 74.2 Å². The van der Waals surface area contributed by atoms with E-state index in [4.69, 9.17) is 23.2 Å². The molecule has 0 aliphatic carbocycles. The molecule has 12 heteroatoms. The van der Waals surface area contributed by atoms with Gasteiger partial charge in [-0.25, -0.2) is 4.98 Å². The molecule has 196 valence electrons. The second-order valence-electron chi connectivity index (χ2n) is 8.78. The van der Waals surface area contributed by atoms with Gasteiger partial charge >= 0.3 is 0 Å². The van der Waals surface area contributed by atoms with E-state index < -0.39 is 6.04 Å². The Morgan fingerprint density at radius 2 is 2.05 bits per heavy atom. The van der Waals surface area contributed by atoms with E-state index in [1.54, 1.807) is 5.38 Å². The minimum Gasteiger partial charge on any atom is -0.354 e. The molecule has 0 spiro atoms. The van der Waals surface area contributed by atoms with Gasteiger partial charge < -0.3 is 10.6 Å². The van der Waals surface area contributed by atoms with Crippen LogP contribution in [0.5, 0.6) is 0 Å². The number of amides is 2. The first-order chi connectivity index (χ1) is 18.4. The summed E-state index contributed by atoms with van der Waals surface area (Å²) in [5.74, 6) is 0.580. The highest BCUT2D eigenvalue weighted by molar-refractivity contribution is 7.98.